The zero-order chi connectivity index (χ0) is 20.3. The summed E-state index contributed by atoms with van der Waals surface area (Å²) in [6, 6.07) is 15.6. The highest BCUT2D eigenvalue weighted by Gasteiger charge is 2.07. The third-order valence-electron chi connectivity index (χ3n) is 4.60. The minimum absolute atomic E-state index is 0.561. The number of anilines is 2. The van der Waals surface area contributed by atoms with Crippen LogP contribution >= 0.6 is 0 Å². The molecule has 4 aromatic heterocycles. The van der Waals surface area contributed by atoms with Gasteiger partial charge in [-0.2, -0.15) is 5.10 Å². The van der Waals surface area contributed by atoms with Gasteiger partial charge in [0.15, 0.2) is 5.82 Å². The van der Waals surface area contributed by atoms with E-state index in [0.29, 0.717) is 23.9 Å². The van der Waals surface area contributed by atoms with Crippen LogP contribution in [0.15, 0.2) is 67.1 Å². The minimum atomic E-state index is 0.561. The first kappa shape index (κ1) is 17.9. The largest absolute Gasteiger partial charge is 0.325 e. The number of rotatable bonds is 5. The Hall–Kier alpha value is -4.20. The molecule has 4 heterocycles. The van der Waals surface area contributed by atoms with Gasteiger partial charge in [0.1, 0.15) is 23.2 Å². The summed E-state index contributed by atoms with van der Waals surface area (Å²) in [7, 11) is 0. The lowest BCUT2D eigenvalue weighted by atomic mass is 10.1. The molecule has 146 valence electrons. The van der Waals surface area contributed by atoms with Crippen LogP contribution in [-0.4, -0.2) is 35.1 Å². The highest BCUT2D eigenvalue weighted by atomic mass is 15.1. The number of aryl methyl sites for hydroxylation is 1. The number of H-pyrrole nitrogens is 1. The molecule has 5 rings (SSSR count). The van der Waals surface area contributed by atoms with Crippen molar-refractivity contribution in [1.82, 2.24) is 35.1 Å². The molecule has 0 spiro atoms. The first-order valence-electron chi connectivity index (χ1n) is 9.51. The maximum absolute atomic E-state index is 4.63. The van der Waals surface area contributed by atoms with Crippen LogP contribution in [0.4, 0.5) is 11.6 Å². The van der Waals surface area contributed by atoms with E-state index in [4.69, 9.17) is 0 Å². The highest BCUT2D eigenvalue weighted by Crippen LogP contribution is 2.18. The van der Waals surface area contributed by atoms with Crippen LogP contribution in [0, 0.1) is 6.92 Å². The van der Waals surface area contributed by atoms with E-state index >= 15 is 0 Å². The van der Waals surface area contributed by atoms with Crippen molar-refractivity contribution in [1.29, 1.82) is 0 Å². The molecule has 0 aliphatic carbocycles. The van der Waals surface area contributed by atoms with Crippen LogP contribution < -0.4 is 5.32 Å². The number of nitrogens with zero attached hydrogens (tertiary/aromatic N) is 6. The second kappa shape index (κ2) is 7.67. The molecule has 30 heavy (non-hydrogen) atoms. The summed E-state index contributed by atoms with van der Waals surface area (Å²) in [4.78, 5) is 22.4. The van der Waals surface area contributed by atoms with Gasteiger partial charge in [0.05, 0.1) is 11.7 Å². The normalized spacial score (nSPS) is 11.0. The summed E-state index contributed by atoms with van der Waals surface area (Å²) < 4.78 is 0. The third kappa shape index (κ3) is 3.83. The zero-order valence-corrected chi connectivity index (χ0v) is 16.2. The van der Waals surface area contributed by atoms with Crippen LogP contribution in [0.5, 0.6) is 0 Å². The third-order valence-corrected chi connectivity index (χ3v) is 4.60. The number of hydrogen-bond donors (Lipinski definition) is 2. The first-order valence-corrected chi connectivity index (χ1v) is 9.51. The summed E-state index contributed by atoms with van der Waals surface area (Å²) >= 11 is 0. The highest BCUT2D eigenvalue weighted by molar-refractivity contribution is 5.78. The molecule has 0 saturated heterocycles. The van der Waals surface area contributed by atoms with E-state index in [1.165, 1.54) is 0 Å². The summed E-state index contributed by atoms with van der Waals surface area (Å²) in [5, 5.41) is 11.3. The SMILES string of the molecule is Cc1cccc(-c2nccc(Nc3ccnc(Cc4ccc5[nH]ncc5c4)n3)n2)n1. The maximum Gasteiger partial charge on any atom is 0.180 e. The lowest BCUT2D eigenvalue weighted by Crippen LogP contribution is -2.03. The van der Waals surface area contributed by atoms with Crippen molar-refractivity contribution in [2.24, 2.45) is 0 Å². The van der Waals surface area contributed by atoms with Crippen molar-refractivity contribution < 1.29 is 0 Å². The summed E-state index contributed by atoms with van der Waals surface area (Å²) in [5.74, 6) is 2.60. The second-order valence-electron chi connectivity index (χ2n) is 6.88. The molecule has 1 aromatic carbocycles. The van der Waals surface area contributed by atoms with Crippen molar-refractivity contribution in [3.63, 3.8) is 0 Å². The Labute approximate surface area is 172 Å². The van der Waals surface area contributed by atoms with E-state index in [-0.39, 0.29) is 0 Å². The Morgan fingerprint density at radius 3 is 2.67 bits per heavy atom. The van der Waals surface area contributed by atoms with Gasteiger partial charge < -0.3 is 5.32 Å². The molecule has 0 aliphatic heterocycles. The van der Waals surface area contributed by atoms with Gasteiger partial charge in [-0.1, -0.05) is 12.1 Å². The Morgan fingerprint density at radius 1 is 0.900 bits per heavy atom. The molecule has 0 atom stereocenters. The second-order valence-corrected chi connectivity index (χ2v) is 6.88. The standard InChI is InChI=1S/C22H18N8/c1-14-3-2-4-18(26-14)22-24-10-8-20(29-22)27-19-7-9-23-21(28-19)12-15-5-6-17-16(11-15)13-25-30-17/h2-11,13H,12H2,1H3,(H,25,30)(H,23,24,27,28,29). The maximum atomic E-state index is 4.63. The van der Waals surface area contributed by atoms with Crippen LogP contribution in [0.3, 0.4) is 0 Å². The molecule has 0 unspecified atom stereocenters. The fourth-order valence-corrected chi connectivity index (χ4v) is 3.19. The monoisotopic (exact) mass is 394 g/mol. The number of pyridine rings is 1. The van der Waals surface area contributed by atoms with Crippen LogP contribution in [0.25, 0.3) is 22.4 Å². The van der Waals surface area contributed by atoms with E-state index in [2.05, 4.69) is 52.6 Å². The minimum Gasteiger partial charge on any atom is -0.325 e. The predicted octanol–water partition coefficient (Wildman–Crippen LogP) is 3.85. The van der Waals surface area contributed by atoms with Crippen LogP contribution in [-0.2, 0) is 6.42 Å². The molecule has 0 saturated carbocycles. The number of aromatic amines is 1. The smallest absolute Gasteiger partial charge is 0.180 e. The topological polar surface area (TPSA) is 105 Å². The average molecular weight is 394 g/mol. The van der Waals surface area contributed by atoms with Crippen molar-refractivity contribution in [2.75, 3.05) is 5.32 Å². The van der Waals surface area contributed by atoms with Gasteiger partial charge in [-0.15, -0.1) is 0 Å². The number of fused-ring (bicyclic) bond motifs is 1. The molecular weight excluding hydrogens is 376 g/mol. The van der Waals surface area contributed by atoms with Gasteiger partial charge >= 0.3 is 0 Å². The van der Waals surface area contributed by atoms with Gasteiger partial charge in [-0.3, -0.25) is 5.10 Å². The van der Waals surface area contributed by atoms with Crippen LogP contribution in [0.1, 0.15) is 17.1 Å². The molecule has 8 nitrogen and oxygen atoms in total. The van der Waals surface area contributed by atoms with Crippen molar-refractivity contribution >= 4 is 22.5 Å². The Kier molecular flexibility index (Phi) is 4.57. The molecule has 0 amide bonds. The number of aromatic nitrogens is 7. The lowest BCUT2D eigenvalue weighted by Gasteiger charge is -2.08. The number of hydrogen-bond acceptors (Lipinski definition) is 7. The fourth-order valence-electron chi connectivity index (χ4n) is 3.19. The summed E-state index contributed by atoms with van der Waals surface area (Å²) in [6.07, 6.45) is 5.88. The molecule has 0 aliphatic rings. The first-order chi connectivity index (χ1) is 14.7. The molecule has 8 heteroatoms. The molecule has 0 bridgehead atoms. The summed E-state index contributed by atoms with van der Waals surface area (Å²) in [6.45, 7) is 1.94. The van der Waals surface area contributed by atoms with E-state index in [1.54, 1.807) is 18.5 Å². The Balaban J connectivity index is 1.36. The quantitative estimate of drug-likeness (QED) is 0.466. The molecule has 2 N–H and O–H groups in total. The van der Waals surface area contributed by atoms with Crippen LogP contribution in [0.2, 0.25) is 0 Å². The van der Waals surface area contributed by atoms with Gasteiger partial charge in [-0.05, 0) is 48.9 Å². The summed E-state index contributed by atoms with van der Waals surface area (Å²) in [5.41, 5.74) is 3.79. The Bertz CT molecular complexity index is 1330. The predicted molar refractivity (Wildman–Crippen MR) is 114 cm³/mol. The zero-order valence-electron chi connectivity index (χ0n) is 16.2. The molecule has 0 radical (unpaired) electrons. The molecular formula is C22H18N8. The lowest BCUT2D eigenvalue weighted by molar-refractivity contribution is 0.971. The molecule has 0 fully saturated rings. The van der Waals surface area contributed by atoms with E-state index < -0.39 is 0 Å². The number of nitrogens with one attached hydrogen (secondary N) is 2. The van der Waals surface area contributed by atoms with Crippen molar-refractivity contribution in [3.8, 4) is 11.5 Å². The van der Waals surface area contributed by atoms with Gasteiger partial charge in [0.25, 0.3) is 0 Å². The van der Waals surface area contributed by atoms with Gasteiger partial charge in [-0.25, -0.2) is 24.9 Å². The van der Waals surface area contributed by atoms with E-state index in [1.807, 2.05) is 43.5 Å². The van der Waals surface area contributed by atoms with Crippen molar-refractivity contribution in [2.45, 2.75) is 13.3 Å². The van der Waals surface area contributed by atoms with E-state index in [0.717, 1.165) is 33.7 Å². The van der Waals surface area contributed by atoms with E-state index in [9.17, 15) is 0 Å². The average Bonchev–Trinajstić information content (AvgIpc) is 3.22. The fraction of sp³-hybridized carbons (Fsp3) is 0.0909. The van der Waals surface area contributed by atoms with Gasteiger partial charge in [0.2, 0.25) is 0 Å². The Morgan fingerprint density at radius 2 is 1.77 bits per heavy atom. The van der Waals surface area contributed by atoms with Crippen molar-refractivity contribution in [3.05, 3.63) is 84.2 Å². The van der Waals surface area contributed by atoms with Gasteiger partial charge in [0, 0.05) is 29.9 Å². The molecule has 5 aromatic rings. The number of benzene rings is 1.